The molecule has 2 aromatic rings. The van der Waals surface area contributed by atoms with Gasteiger partial charge in [-0.25, -0.2) is 0 Å². The number of phenolic OH excluding ortho intramolecular Hbond substituents is 1. The van der Waals surface area contributed by atoms with Crippen LogP contribution in [0.1, 0.15) is 48.8 Å². The number of aromatic hydroxyl groups is 1. The normalized spacial score (nSPS) is 12.4. The number of amides is 4. The maximum absolute atomic E-state index is 13.1. The summed E-state index contributed by atoms with van der Waals surface area (Å²) in [6.45, 7) is 1.79. The Hall–Kier alpha value is -3.81. The molecule has 0 aliphatic heterocycles. The van der Waals surface area contributed by atoms with Crippen LogP contribution in [0.2, 0.25) is 0 Å². The summed E-state index contributed by atoms with van der Waals surface area (Å²) in [7, 11) is 1.34. The molecule has 0 aromatic heterocycles. The zero-order chi connectivity index (χ0) is 33.9. The van der Waals surface area contributed by atoms with Crippen molar-refractivity contribution in [3.8, 4) is 5.75 Å². The van der Waals surface area contributed by atoms with E-state index in [9.17, 15) is 29.1 Å². The van der Waals surface area contributed by atoms with E-state index in [4.69, 9.17) is 5.73 Å². The molecule has 0 aliphatic carbocycles. The number of nitrogens with two attached hydrogens (primary N) is 1. The molecule has 0 aliphatic rings. The number of halogens is 1. The summed E-state index contributed by atoms with van der Waals surface area (Å²) in [5.74, 6) is -1.54. The monoisotopic (exact) mass is 693 g/mol. The number of hydrogen-bond acceptors (Lipinski definition) is 9. The molecule has 0 saturated heterocycles. The Bertz CT molecular complexity index is 1300. The van der Waals surface area contributed by atoms with Crippen LogP contribution in [-0.4, -0.2) is 85.0 Å². The second-order valence-corrected chi connectivity index (χ2v) is 12.0. The Labute approximate surface area is 287 Å². The number of rotatable bonds is 20. The molecule has 2 rings (SSSR count). The number of carbonyl (C=O) groups is 5. The predicted molar refractivity (Wildman–Crippen MR) is 185 cm³/mol. The van der Waals surface area contributed by atoms with Gasteiger partial charge in [-0.1, -0.05) is 42.8 Å². The maximum Gasteiger partial charge on any atom is 0.305 e. The summed E-state index contributed by atoms with van der Waals surface area (Å²) in [4.78, 5) is 63.2. The fourth-order valence-electron chi connectivity index (χ4n) is 4.62. The number of esters is 1. The summed E-state index contributed by atoms with van der Waals surface area (Å²) in [5.41, 5.74) is 8.59. The minimum absolute atomic E-state index is 0. The van der Waals surface area contributed by atoms with Crippen molar-refractivity contribution in [2.45, 2.75) is 70.0 Å². The predicted octanol–water partition coefficient (Wildman–Crippen LogP) is 1.92. The van der Waals surface area contributed by atoms with Crippen molar-refractivity contribution in [1.29, 1.82) is 0 Å². The van der Waals surface area contributed by atoms with Crippen LogP contribution in [0, 0.1) is 6.92 Å². The van der Waals surface area contributed by atoms with Crippen LogP contribution in [0.25, 0.3) is 0 Å². The van der Waals surface area contributed by atoms with Crippen LogP contribution < -0.4 is 27.0 Å². The molecule has 0 unspecified atom stereocenters. The van der Waals surface area contributed by atoms with Gasteiger partial charge in [-0.3, -0.25) is 24.0 Å². The van der Waals surface area contributed by atoms with Crippen LogP contribution >= 0.6 is 24.2 Å². The number of unbranched alkanes of at least 4 members (excludes halogenated alkanes) is 2. The first-order valence-corrected chi connectivity index (χ1v) is 16.7. The molecule has 0 saturated carbocycles. The van der Waals surface area contributed by atoms with E-state index in [0.29, 0.717) is 38.0 Å². The molecule has 0 fully saturated rings. The van der Waals surface area contributed by atoms with Crippen molar-refractivity contribution in [2.75, 3.05) is 32.2 Å². The molecular weight excluding hydrogens is 646 g/mol. The lowest BCUT2D eigenvalue weighted by Crippen LogP contribution is -2.54. The molecule has 0 heterocycles. The van der Waals surface area contributed by atoms with Gasteiger partial charge >= 0.3 is 5.97 Å². The van der Waals surface area contributed by atoms with Crippen LogP contribution in [0.15, 0.2) is 48.5 Å². The Morgan fingerprint density at radius 1 is 0.894 bits per heavy atom. The highest BCUT2D eigenvalue weighted by atomic mass is 35.5. The molecule has 0 radical (unpaired) electrons. The average Bonchev–Trinajstić information content (AvgIpc) is 3.04. The van der Waals surface area contributed by atoms with Gasteiger partial charge < -0.3 is 36.8 Å². The van der Waals surface area contributed by atoms with Crippen molar-refractivity contribution in [2.24, 2.45) is 5.73 Å². The van der Waals surface area contributed by atoms with Crippen LogP contribution in [0.3, 0.4) is 0 Å². The molecule has 4 amide bonds. The minimum atomic E-state index is -0.929. The molecule has 0 spiro atoms. The van der Waals surface area contributed by atoms with Crippen molar-refractivity contribution >= 4 is 53.8 Å². The van der Waals surface area contributed by atoms with Crippen molar-refractivity contribution in [1.82, 2.24) is 21.3 Å². The summed E-state index contributed by atoms with van der Waals surface area (Å²) in [5, 5.41) is 20.5. The molecular formula is C33H48ClN5O7S. The first-order valence-electron chi connectivity index (χ1n) is 15.3. The Morgan fingerprint density at radius 3 is 2.26 bits per heavy atom. The van der Waals surface area contributed by atoms with Crippen LogP contribution in [-0.2, 0) is 41.6 Å². The lowest BCUT2D eigenvalue weighted by molar-refractivity contribution is -0.140. The van der Waals surface area contributed by atoms with Crippen molar-refractivity contribution in [3.63, 3.8) is 0 Å². The maximum atomic E-state index is 13.1. The summed E-state index contributed by atoms with van der Waals surface area (Å²) >= 11 is 1.51. The largest absolute Gasteiger partial charge is 0.508 e. The molecule has 14 heteroatoms. The lowest BCUT2D eigenvalue weighted by atomic mass is 10.0. The third-order valence-electron chi connectivity index (χ3n) is 7.29. The van der Waals surface area contributed by atoms with Gasteiger partial charge in [0.15, 0.2) is 0 Å². The molecule has 2 aromatic carbocycles. The number of hydrogen-bond donors (Lipinski definition) is 6. The van der Waals surface area contributed by atoms with Gasteiger partial charge in [0.05, 0.1) is 19.7 Å². The van der Waals surface area contributed by atoms with Gasteiger partial charge in [0, 0.05) is 19.4 Å². The quantitative estimate of drug-likeness (QED) is 0.0889. The highest BCUT2D eigenvalue weighted by molar-refractivity contribution is 7.98. The minimum Gasteiger partial charge on any atom is -0.508 e. The third kappa shape index (κ3) is 16.0. The first kappa shape index (κ1) is 41.2. The molecule has 47 heavy (non-hydrogen) atoms. The van der Waals surface area contributed by atoms with Gasteiger partial charge in [-0.05, 0) is 73.4 Å². The Balaban J connectivity index is 0.0000110. The summed E-state index contributed by atoms with van der Waals surface area (Å²) in [6, 6.07) is 11.3. The molecule has 0 bridgehead atoms. The van der Waals surface area contributed by atoms with E-state index < -0.39 is 42.4 Å². The number of nitrogens with one attached hydrogen (secondary N) is 4. The second kappa shape index (κ2) is 22.7. The Kier molecular flexibility index (Phi) is 19.9. The molecule has 3 atom stereocenters. The highest BCUT2D eigenvalue weighted by Gasteiger charge is 2.26. The number of methoxy groups -OCH3 is 1. The van der Waals surface area contributed by atoms with E-state index >= 15 is 0 Å². The van der Waals surface area contributed by atoms with Gasteiger partial charge in [-0.15, -0.1) is 12.4 Å². The fraction of sp³-hybridized carbons (Fsp3) is 0.485. The summed E-state index contributed by atoms with van der Waals surface area (Å²) in [6.07, 6.45) is 5.02. The van der Waals surface area contributed by atoms with E-state index in [2.05, 4.69) is 26.0 Å². The fourth-order valence-corrected chi connectivity index (χ4v) is 5.10. The number of ether oxygens (including phenoxy) is 1. The lowest BCUT2D eigenvalue weighted by Gasteiger charge is -2.22. The number of carbonyl (C=O) groups excluding carboxylic acids is 5. The van der Waals surface area contributed by atoms with Gasteiger partial charge in [-0.2, -0.15) is 11.8 Å². The molecule has 7 N–H and O–H groups in total. The first-order chi connectivity index (χ1) is 22.0. The highest BCUT2D eigenvalue weighted by Crippen LogP contribution is 2.17. The molecule has 260 valence electrons. The zero-order valence-electron chi connectivity index (χ0n) is 27.2. The standard InChI is InChI=1S/C33H47N5O7S.ClH/c1-22-18-25(39)14-13-24(22)20-26(34)31(42)38-27(15-17-46-3)32(43)36-21-29(40)37-28(19-23-10-6-4-7-11-23)33(44)35-16-9-5-8-12-30(41)45-2;/h4,6-7,10-11,13-14,18,26-28,39H,5,8-9,12,15-17,19-21,34H2,1-3H3,(H,35,44)(H,36,43)(H,37,40)(H,38,42);1H/t26-,27+,28-;/m0./s1. The van der Waals surface area contributed by atoms with Crippen molar-refractivity contribution in [3.05, 3.63) is 65.2 Å². The van der Waals surface area contributed by atoms with E-state index in [1.54, 1.807) is 12.1 Å². The number of thioether (sulfide) groups is 1. The number of aryl methyl sites for hydroxylation is 1. The molecule has 12 nitrogen and oxygen atoms in total. The second-order valence-electron chi connectivity index (χ2n) is 11.0. The van der Waals surface area contributed by atoms with Crippen molar-refractivity contribution < 1.29 is 33.8 Å². The topological polar surface area (TPSA) is 189 Å². The zero-order valence-corrected chi connectivity index (χ0v) is 28.8. The van der Waals surface area contributed by atoms with E-state index in [0.717, 1.165) is 23.1 Å². The van der Waals surface area contributed by atoms with E-state index in [1.165, 1.54) is 24.9 Å². The smallest absolute Gasteiger partial charge is 0.305 e. The van der Waals surface area contributed by atoms with Crippen LogP contribution in [0.4, 0.5) is 0 Å². The SMILES string of the molecule is COC(=O)CCCCCNC(=O)[C@H](Cc1ccccc1)NC(=O)CNC(=O)[C@@H](CCSC)NC(=O)[C@@H](N)Cc1ccc(O)cc1C.Cl. The van der Waals surface area contributed by atoms with Gasteiger partial charge in [0.25, 0.3) is 0 Å². The van der Waals surface area contributed by atoms with Gasteiger partial charge in [0.1, 0.15) is 17.8 Å². The summed E-state index contributed by atoms with van der Waals surface area (Å²) < 4.78 is 4.63. The average molecular weight is 694 g/mol. The number of phenols is 1. The van der Waals surface area contributed by atoms with E-state index in [1.807, 2.05) is 43.5 Å². The number of benzene rings is 2. The third-order valence-corrected chi connectivity index (χ3v) is 7.93. The van der Waals surface area contributed by atoms with E-state index in [-0.39, 0.29) is 42.9 Å². The van der Waals surface area contributed by atoms with Crippen LogP contribution in [0.5, 0.6) is 5.75 Å². The Morgan fingerprint density at radius 2 is 1.60 bits per heavy atom. The van der Waals surface area contributed by atoms with Gasteiger partial charge in [0.2, 0.25) is 23.6 Å².